The summed E-state index contributed by atoms with van der Waals surface area (Å²) in [4.78, 5) is 17.1. The predicted molar refractivity (Wildman–Crippen MR) is 96.5 cm³/mol. The summed E-state index contributed by atoms with van der Waals surface area (Å²) in [7, 11) is 0. The standard InChI is InChI=1S/C20H19N3O2/c24-20(18-15-21-25-19(18)16-7-3-1-4-8-16)23-13-11-22(12-14-23)17-9-5-2-6-10-17/h1-10,15H,11-14H2. The van der Waals surface area contributed by atoms with Crippen LogP contribution in [0.1, 0.15) is 10.4 Å². The molecule has 0 aliphatic carbocycles. The molecule has 2 aromatic carbocycles. The monoisotopic (exact) mass is 333 g/mol. The second-order valence-electron chi connectivity index (χ2n) is 6.05. The Hall–Kier alpha value is -3.08. The molecule has 1 saturated heterocycles. The lowest BCUT2D eigenvalue weighted by atomic mass is 10.1. The molecule has 0 bridgehead atoms. The zero-order valence-corrected chi connectivity index (χ0v) is 13.8. The van der Waals surface area contributed by atoms with E-state index in [9.17, 15) is 4.79 Å². The number of rotatable bonds is 3. The summed E-state index contributed by atoms with van der Waals surface area (Å²) in [5, 5.41) is 3.84. The first-order chi connectivity index (χ1) is 12.3. The molecule has 1 amide bonds. The van der Waals surface area contributed by atoms with E-state index in [0.29, 0.717) is 24.4 Å². The van der Waals surface area contributed by atoms with Gasteiger partial charge in [0.15, 0.2) is 5.76 Å². The lowest BCUT2D eigenvalue weighted by Crippen LogP contribution is -2.48. The van der Waals surface area contributed by atoms with Crippen LogP contribution in [0.4, 0.5) is 5.69 Å². The third-order valence-corrected chi connectivity index (χ3v) is 4.53. The SMILES string of the molecule is O=C(c1cnoc1-c1ccccc1)N1CCN(c2ccccc2)CC1. The van der Waals surface area contributed by atoms with E-state index >= 15 is 0 Å². The largest absolute Gasteiger partial charge is 0.368 e. The van der Waals surface area contributed by atoms with Crippen molar-refractivity contribution in [2.75, 3.05) is 31.1 Å². The van der Waals surface area contributed by atoms with Gasteiger partial charge in [-0.2, -0.15) is 0 Å². The Morgan fingerprint density at radius 3 is 2.20 bits per heavy atom. The van der Waals surface area contributed by atoms with E-state index in [1.807, 2.05) is 53.4 Å². The second kappa shape index (κ2) is 6.81. The summed E-state index contributed by atoms with van der Waals surface area (Å²) in [5.74, 6) is 0.518. The van der Waals surface area contributed by atoms with Crippen molar-refractivity contribution in [2.45, 2.75) is 0 Å². The minimum absolute atomic E-state index is 0.0205. The Balaban J connectivity index is 1.48. The van der Waals surface area contributed by atoms with Crippen molar-refractivity contribution >= 4 is 11.6 Å². The summed E-state index contributed by atoms with van der Waals surface area (Å²) in [6, 6.07) is 19.9. The Morgan fingerprint density at radius 1 is 0.880 bits per heavy atom. The van der Waals surface area contributed by atoms with Crippen LogP contribution in [0.3, 0.4) is 0 Å². The van der Waals surface area contributed by atoms with Gasteiger partial charge in [-0.05, 0) is 12.1 Å². The molecule has 0 spiro atoms. The molecule has 1 aromatic heterocycles. The minimum Gasteiger partial charge on any atom is -0.368 e. The van der Waals surface area contributed by atoms with Crippen LogP contribution in [0.5, 0.6) is 0 Å². The molecule has 0 unspecified atom stereocenters. The maximum atomic E-state index is 12.9. The van der Waals surface area contributed by atoms with E-state index in [1.165, 1.54) is 11.9 Å². The Kier molecular flexibility index (Phi) is 4.21. The molecule has 5 nitrogen and oxygen atoms in total. The van der Waals surface area contributed by atoms with Gasteiger partial charge in [-0.1, -0.05) is 53.7 Å². The van der Waals surface area contributed by atoms with Crippen molar-refractivity contribution < 1.29 is 9.32 Å². The number of carbonyl (C=O) groups is 1. The van der Waals surface area contributed by atoms with Crippen molar-refractivity contribution in [3.63, 3.8) is 0 Å². The molecule has 0 atom stereocenters. The number of para-hydroxylation sites is 1. The highest BCUT2D eigenvalue weighted by Crippen LogP contribution is 2.25. The van der Waals surface area contributed by atoms with Crippen molar-refractivity contribution in [2.24, 2.45) is 0 Å². The molecule has 1 aliphatic rings. The molecular formula is C20H19N3O2. The third kappa shape index (κ3) is 3.13. The van der Waals surface area contributed by atoms with Gasteiger partial charge < -0.3 is 14.3 Å². The predicted octanol–water partition coefficient (Wildman–Crippen LogP) is 3.30. The second-order valence-corrected chi connectivity index (χ2v) is 6.05. The molecule has 1 aliphatic heterocycles. The fraction of sp³-hybridized carbons (Fsp3) is 0.200. The van der Waals surface area contributed by atoms with Gasteiger partial charge in [0, 0.05) is 37.4 Å². The molecule has 3 aromatic rings. The number of anilines is 1. The summed E-state index contributed by atoms with van der Waals surface area (Å²) in [6.45, 7) is 3.02. The number of benzene rings is 2. The molecule has 0 radical (unpaired) electrons. The maximum absolute atomic E-state index is 12.9. The van der Waals surface area contributed by atoms with Crippen LogP contribution in [0.2, 0.25) is 0 Å². The van der Waals surface area contributed by atoms with E-state index in [1.54, 1.807) is 0 Å². The van der Waals surface area contributed by atoms with Gasteiger partial charge in [-0.25, -0.2) is 0 Å². The van der Waals surface area contributed by atoms with Crippen molar-refractivity contribution in [1.29, 1.82) is 0 Å². The normalized spacial score (nSPS) is 14.6. The van der Waals surface area contributed by atoms with Gasteiger partial charge in [-0.3, -0.25) is 4.79 Å². The summed E-state index contributed by atoms with van der Waals surface area (Å²) in [6.07, 6.45) is 1.52. The van der Waals surface area contributed by atoms with Gasteiger partial charge in [0.25, 0.3) is 5.91 Å². The average Bonchev–Trinajstić information content (AvgIpc) is 3.19. The van der Waals surface area contributed by atoms with E-state index in [4.69, 9.17) is 4.52 Å². The average molecular weight is 333 g/mol. The van der Waals surface area contributed by atoms with Crippen LogP contribution in [0.15, 0.2) is 71.4 Å². The highest BCUT2D eigenvalue weighted by atomic mass is 16.5. The third-order valence-electron chi connectivity index (χ3n) is 4.53. The van der Waals surface area contributed by atoms with Crippen LogP contribution in [-0.2, 0) is 0 Å². The molecule has 1 fully saturated rings. The van der Waals surface area contributed by atoms with Crippen LogP contribution >= 0.6 is 0 Å². The summed E-state index contributed by atoms with van der Waals surface area (Å²) < 4.78 is 5.35. The van der Waals surface area contributed by atoms with Crippen molar-refractivity contribution in [1.82, 2.24) is 10.1 Å². The Labute approximate surface area is 146 Å². The molecule has 0 N–H and O–H groups in total. The smallest absolute Gasteiger partial charge is 0.259 e. The number of amides is 1. The van der Waals surface area contributed by atoms with Gasteiger partial charge in [-0.15, -0.1) is 0 Å². The first-order valence-electron chi connectivity index (χ1n) is 8.42. The Morgan fingerprint density at radius 2 is 1.52 bits per heavy atom. The quantitative estimate of drug-likeness (QED) is 0.738. The molecule has 5 heteroatoms. The number of hydrogen-bond acceptors (Lipinski definition) is 4. The molecule has 126 valence electrons. The van der Waals surface area contributed by atoms with Gasteiger partial charge in [0.1, 0.15) is 5.56 Å². The summed E-state index contributed by atoms with van der Waals surface area (Å²) in [5.41, 5.74) is 2.59. The first-order valence-corrected chi connectivity index (χ1v) is 8.42. The highest BCUT2D eigenvalue weighted by molar-refractivity contribution is 5.99. The number of piperazine rings is 1. The zero-order chi connectivity index (χ0) is 17.1. The molecule has 2 heterocycles. The van der Waals surface area contributed by atoms with Crippen LogP contribution in [0, 0.1) is 0 Å². The van der Waals surface area contributed by atoms with E-state index in [-0.39, 0.29) is 5.91 Å². The first kappa shape index (κ1) is 15.4. The fourth-order valence-electron chi connectivity index (χ4n) is 3.17. The molecular weight excluding hydrogens is 314 g/mol. The van der Waals surface area contributed by atoms with E-state index in [0.717, 1.165) is 18.7 Å². The Bertz CT molecular complexity index is 838. The van der Waals surface area contributed by atoms with Crippen molar-refractivity contribution in [3.8, 4) is 11.3 Å². The van der Waals surface area contributed by atoms with Crippen LogP contribution in [0.25, 0.3) is 11.3 Å². The van der Waals surface area contributed by atoms with Gasteiger partial charge in [0.05, 0.1) is 6.20 Å². The zero-order valence-electron chi connectivity index (χ0n) is 13.8. The molecule has 25 heavy (non-hydrogen) atoms. The number of nitrogens with zero attached hydrogens (tertiary/aromatic N) is 3. The topological polar surface area (TPSA) is 49.6 Å². The number of hydrogen-bond donors (Lipinski definition) is 0. The minimum atomic E-state index is -0.0205. The molecule has 0 saturated carbocycles. The summed E-state index contributed by atoms with van der Waals surface area (Å²) >= 11 is 0. The number of aromatic nitrogens is 1. The lowest BCUT2D eigenvalue weighted by molar-refractivity contribution is 0.0747. The van der Waals surface area contributed by atoms with Gasteiger partial charge in [0.2, 0.25) is 0 Å². The van der Waals surface area contributed by atoms with Crippen LogP contribution < -0.4 is 4.90 Å². The van der Waals surface area contributed by atoms with Gasteiger partial charge >= 0.3 is 0 Å². The lowest BCUT2D eigenvalue weighted by Gasteiger charge is -2.36. The number of carbonyl (C=O) groups excluding carboxylic acids is 1. The van der Waals surface area contributed by atoms with Crippen LogP contribution in [-0.4, -0.2) is 42.1 Å². The van der Waals surface area contributed by atoms with Crippen molar-refractivity contribution in [3.05, 3.63) is 72.4 Å². The highest BCUT2D eigenvalue weighted by Gasteiger charge is 2.26. The van der Waals surface area contributed by atoms with E-state index < -0.39 is 0 Å². The molecule has 4 rings (SSSR count). The van der Waals surface area contributed by atoms with E-state index in [2.05, 4.69) is 22.2 Å². The fourth-order valence-corrected chi connectivity index (χ4v) is 3.17. The maximum Gasteiger partial charge on any atom is 0.259 e.